The molecule has 4 rings (SSSR count). The highest BCUT2D eigenvalue weighted by Crippen LogP contribution is 2.28. The van der Waals surface area contributed by atoms with Gasteiger partial charge in [0.25, 0.3) is 11.8 Å². The summed E-state index contributed by atoms with van der Waals surface area (Å²) in [7, 11) is 0. The van der Waals surface area contributed by atoms with E-state index in [0.717, 1.165) is 10.0 Å². The quantitative estimate of drug-likeness (QED) is 0.294. The molecule has 32 heavy (non-hydrogen) atoms. The predicted octanol–water partition coefficient (Wildman–Crippen LogP) is 5.17. The van der Waals surface area contributed by atoms with Crippen LogP contribution in [0, 0.1) is 6.92 Å². The van der Waals surface area contributed by atoms with Gasteiger partial charge in [-0.3, -0.25) is 19.8 Å². The Balaban J connectivity index is 1.66. The average molecular weight is 507 g/mol. The van der Waals surface area contributed by atoms with Crippen LogP contribution in [0.5, 0.6) is 5.75 Å². The Bertz CT molecular complexity index is 1220. The summed E-state index contributed by atoms with van der Waals surface area (Å²) >= 11 is 8.70. The molecule has 0 saturated carbocycles. The molecule has 3 aromatic rings. The Labute approximate surface area is 199 Å². The van der Waals surface area contributed by atoms with Crippen LogP contribution in [0.4, 0.5) is 5.69 Å². The average Bonchev–Trinajstić information content (AvgIpc) is 2.78. The molecule has 1 saturated heterocycles. The number of benzene rings is 3. The number of amides is 2. The second-order valence-electron chi connectivity index (χ2n) is 7.25. The number of nitrogens with one attached hydrogen (secondary N) is 1. The first-order valence-corrected chi connectivity index (χ1v) is 11.1. The fourth-order valence-corrected chi connectivity index (χ4v) is 3.89. The number of anilines is 1. The van der Waals surface area contributed by atoms with E-state index in [1.165, 1.54) is 16.5 Å². The Kier molecular flexibility index (Phi) is 6.48. The number of carbonyl (C=O) groups is 2. The fourth-order valence-electron chi connectivity index (χ4n) is 3.23. The van der Waals surface area contributed by atoms with Crippen LogP contribution >= 0.6 is 28.1 Å². The monoisotopic (exact) mass is 506 g/mol. The molecule has 3 aromatic carbocycles. The third-order valence-corrected chi connectivity index (χ3v) is 5.68. The van der Waals surface area contributed by atoms with Gasteiger partial charge in [-0.1, -0.05) is 64.0 Å². The van der Waals surface area contributed by atoms with Gasteiger partial charge in [0.15, 0.2) is 5.11 Å². The molecule has 5 nitrogen and oxygen atoms in total. The summed E-state index contributed by atoms with van der Waals surface area (Å²) < 4.78 is 6.81. The van der Waals surface area contributed by atoms with Crippen LogP contribution in [0.1, 0.15) is 16.7 Å². The maximum absolute atomic E-state index is 13.2. The summed E-state index contributed by atoms with van der Waals surface area (Å²) in [5.41, 5.74) is 3.35. The topological polar surface area (TPSA) is 58.6 Å². The highest BCUT2D eigenvalue weighted by Gasteiger charge is 2.34. The van der Waals surface area contributed by atoms with E-state index >= 15 is 0 Å². The maximum Gasteiger partial charge on any atom is 0.270 e. The molecule has 1 aliphatic heterocycles. The normalized spacial score (nSPS) is 15.1. The molecular weight excluding hydrogens is 488 g/mol. The highest BCUT2D eigenvalue weighted by atomic mass is 79.9. The van der Waals surface area contributed by atoms with Crippen molar-refractivity contribution in [3.05, 3.63) is 99.5 Å². The highest BCUT2D eigenvalue weighted by molar-refractivity contribution is 9.10. The number of carbonyl (C=O) groups excluding carboxylic acids is 2. The van der Waals surface area contributed by atoms with Crippen LogP contribution in [0.25, 0.3) is 6.08 Å². The fraction of sp³-hybridized carbons (Fsp3) is 0.0800. The molecule has 160 valence electrons. The second-order valence-corrected chi connectivity index (χ2v) is 8.55. The van der Waals surface area contributed by atoms with E-state index in [1.807, 2.05) is 43.3 Å². The minimum absolute atomic E-state index is 0.0271. The largest absolute Gasteiger partial charge is 0.488 e. The lowest BCUT2D eigenvalue weighted by Gasteiger charge is -2.29. The van der Waals surface area contributed by atoms with Crippen molar-refractivity contribution < 1.29 is 14.3 Å². The Hall–Kier alpha value is -3.29. The van der Waals surface area contributed by atoms with Gasteiger partial charge in [-0.2, -0.15) is 0 Å². The molecule has 0 unspecified atom stereocenters. The van der Waals surface area contributed by atoms with Gasteiger partial charge in [0.05, 0.1) is 5.69 Å². The molecular formula is C25H19BrN2O3S. The first-order chi connectivity index (χ1) is 15.4. The summed E-state index contributed by atoms with van der Waals surface area (Å²) in [6.07, 6.45) is 1.53. The molecule has 7 heteroatoms. The molecule has 0 aliphatic carbocycles. The molecule has 1 aliphatic rings. The number of thiocarbonyl (C=S) groups is 1. The van der Waals surface area contributed by atoms with Crippen molar-refractivity contribution in [2.24, 2.45) is 0 Å². The Morgan fingerprint density at radius 2 is 1.75 bits per heavy atom. The van der Waals surface area contributed by atoms with Gasteiger partial charge in [0.2, 0.25) is 0 Å². The van der Waals surface area contributed by atoms with Crippen LogP contribution in [-0.2, 0) is 16.2 Å². The van der Waals surface area contributed by atoms with E-state index in [1.54, 1.807) is 36.4 Å². The Morgan fingerprint density at radius 3 is 2.47 bits per heavy atom. The van der Waals surface area contributed by atoms with Gasteiger partial charge in [-0.15, -0.1) is 0 Å². The van der Waals surface area contributed by atoms with Gasteiger partial charge >= 0.3 is 0 Å². The van der Waals surface area contributed by atoms with E-state index in [4.69, 9.17) is 17.0 Å². The van der Waals surface area contributed by atoms with Crippen molar-refractivity contribution in [3.8, 4) is 5.75 Å². The third kappa shape index (κ3) is 4.79. The third-order valence-electron chi connectivity index (χ3n) is 4.90. The number of aryl methyl sites for hydroxylation is 1. The number of nitrogens with zero attached hydrogens (tertiary/aromatic N) is 1. The number of hydrogen-bond acceptors (Lipinski definition) is 4. The van der Waals surface area contributed by atoms with Crippen molar-refractivity contribution in [1.82, 2.24) is 5.32 Å². The van der Waals surface area contributed by atoms with Gasteiger partial charge in [0, 0.05) is 10.0 Å². The van der Waals surface area contributed by atoms with Crippen molar-refractivity contribution in [2.45, 2.75) is 13.5 Å². The SMILES string of the molecule is Cc1ccc(COc2ccc(Br)cc2/C=C2/C(=O)NC(=S)N(c3ccccc3)C2=O)cc1. The van der Waals surface area contributed by atoms with Crippen molar-refractivity contribution in [1.29, 1.82) is 0 Å². The van der Waals surface area contributed by atoms with E-state index in [-0.39, 0.29) is 10.7 Å². The molecule has 0 aromatic heterocycles. The first-order valence-electron chi connectivity index (χ1n) is 9.87. The summed E-state index contributed by atoms with van der Waals surface area (Å²) in [5, 5.41) is 2.65. The van der Waals surface area contributed by atoms with E-state index in [2.05, 4.69) is 21.2 Å². The molecule has 1 N–H and O–H groups in total. The van der Waals surface area contributed by atoms with Gasteiger partial charge in [-0.05, 0) is 61.1 Å². The predicted molar refractivity (Wildman–Crippen MR) is 132 cm³/mol. The van der Waals surface area contributed by atoms with E-state index in [0.29, 0.717) is 23.6 Å². The molecule has 2 amide bonds. The van der Waals surface area contributed by atoms with Gasteiger partial charge in [0.1, 0.15) is 17.9 Å². The number of hydrogen-bond donors (Lipinski definition) is 1. The molecule has 0 bridgehead atoms. The number of para-hydroxylation sites is 1. The zero-order valence-electron chi connectivity index (χ0n) is 17.2. The van der Waals surface area contributed by atoms with Crippen LogP contribution in [0.15, 0.2) is 82.8 Å². The number of ether oxygens (including phenoxy) is 1. The summed E-state index contributed by atoms with van der Waals surface area (Å²) in [6.45, 7) is 2.39. The lowest BCUT2D eigenvalue weighted by Crippen LogP contribution is -2.54. The maximum atomic E-state index is 13.2. The van der Waals surface area contributed by atoms with Crippen LogP contribution < -0.4 is 15.0 Å². The minimum Gasteiger partial charge on any atom is -0.488 e. The second kappa shape index (κ2) is 9.46. The van der Waals surface area contributed by atoms with Crippen molar-refractivity contribution >= 4 is 56.8 Å². The van der Waals surface area contributed by atoms with Crippen LogP contribution in [-0.4, -0.2) is 16.9 Å². The van der Waals surface area contributed by atoms with Crippen molar-refractivity contribution in [2.75, 3.05) is 4.90 Å². The molecule has 0 atom stereocenters. The van der Waals surface area contributed by atoms with E-state index in [9.17, 15) is 9.59 Å². The zero-order valence-corrected chi connectivity index (χ0v) is 19.6. The molecule has 1 fully saturated rings. The van der Waals surface area contributed by atoms with E-state index < -0.39 is 11.8 Å². The molecule has 0 spiro atoms. The standard InChI is InChI=1S/C25H19BrN2O3S/c1-16-7-9-17(10-8-16)15-31-22-12-11-19(26)13-18(22)14-21-23(29)27-25(32)28(24(21)30)20-5-3-2-4-6-20/h2-14H,15H2,1H3,(H,27,29,32)/b21-14-. The minimum atomic E-state index is -0.545. The summed E-state index contributed by atoms with van der Waals surface area (Å²) in [5.74, 6) is -0.479. The van der Waals surface area contributed by atoms with Crippen LogP contribution in [0.3, 0.4) is 0 Å². The smallest absolute Gasteiger partial charge is 0.270 e. The summed E-state index contributed by atoms with van der Waals surface area (Å²) in [4.78, 5) is 27.2. The number of halogens is 1. The van der Waals surface area contributed by atoms with Gasteiger partial charge in [-0.25, -0.2) is 0 Å². The lowest BCUT2D eigenvalue weighted by atomic mass is 10.1. The van der Waals surface area contributed by atoms with Gasteiger partial charge < -0.3 is 4.74 Å². The lowest BCUT2D eigenvalue weighted by molar-refractivity contribution is -0.122. The zero-order chi connectivity index (χ0) is 22.7. The number of rotatable bonds is 5. The summed E-state index contributed by atoms with van der Waals surface area (Å²) in [6, 6.07) is 22.5. The Morgan fingerprint density at radius 1 is 1.03 bits per heavy atom. The molecule has 1 heterocycles. The van der Waals surface area contributed by atoms with Crippen LogP contribution in [0.2, 0.25) is 0 Å². The first kappa shape index (κ1) is 21.9. The van der Waals surface area contributed by atoms with Crippen molar-refractivity contribution in [3.63, 3.8) is 0 Å². The molecule has 0 radical (unpaired) electrons.